The molecule has 0 fully saturated rings. The fourth-order valence-corrected chi connectivity index (χ4v) is 5.05. The van der Waals surface area contributed by atoms with Gasteiger partial charge in [0.05, 0.1) is 13.7 Å². The van der Waals surface area contributed by atoms with Crippen molar-refractivity contribution in [3.8, 4) is 17.2 Å². The zero-order valence-corrected chi connectivity index (χ0v) is 20.1. The van der Waals surface area contributed by atoms with Crippen molar-refractivity contribution in [1.82, 2.24) is 14.8 Å². The summed E-state index contributed by atoms with van der Waals surface area (Å²) in [5.41, 5.74) is 2.77. The van der Waals surface area contributed by atoms with Crippen LogP contribution >= 0.6 is 27.7 Å². The van der Waals surface area contributed by atoms with Gasteiger partial charge in [-0.2, -0.15) is 0 Å². The Bertz CT molecular complexity index is 1070. The van der Waals surface area contributed by atoms with E-state index in [1.165, 1.54) is 11.8 Å². The zero-order chi connectivity index (χ0) is 22.5. The lowest BCUT2D eigenvalue weighted by molar-refractivity contribution is -0.479. The van der Waals surface area contributed by atoms with Crippen LogP contribution in [-0.2, 0) is 0 Å². The smallest absolute Gasteiger partial charge is 0.220 e. The molecular formula is C21H23BrN4O4S. The molecule has 2 aromatic carbocycles. The fraction of sp³-hybridized carbons (Fsp3) is 0.333. The Balaban J connectivity index is 2.04. The van der Waals surface area contributed by atoms with Gasteiger partial charge in [-0.25, -0.2) is 0 Å². The van der Waals surface area contributed by atoms with Crippen LogP contribution in [0.1, 0.15) is 29.1 Å². The molecule has 0 aliphatic carbocycles. The van der Waals surface area contributed by atoms with Crippen LogP contribution < -0.4 is 9.47 Å². The van der Waals surface area contributed by atoms with E-state index in [0.717, 1.165) is 16.8 Å². The van der Waals surface area contributed by atoms with Gasteiger partial charge < -0.3 is 9.47 Å². The van der Waals surface area contributed by atoms with Crippen molar-refractivity contribution in [3.05, 3.63) is 67.9 Å². The number of nitrogens with zero attached hydrogens (tertiary/aromatic N) is 4. The molecule has 1 heterocycles. The number of hydrogen-bond donors (Lipinski definition) is 0. The quantitative estimate of drug-likeness (QED) is 0.224. The van der Waals surface area contributed by atoms with Crippen LogP contribution in [0, 0.1) is 24.0 Å². The molecule has 0 amide bonds. The highest BCUT2D eigenvalue weighted by molar-refractivity contribution is 9.10. The Labute approximate surface area is 193 Å². The lowest BCUT2D eigenvalue weighted by atomic mass is 10.1. The third-order valence-electron chi connectivity index (χ3n) is 4.58. The third-order valence-corrected chi connectivity index (χ3v) is 6.43. The Morgan fingerprint density at radius 1 is 1.19 bits per heavy atom. The van der Waals surface area contributed by atoms with E-state index in [4.69, 9.17) is 9.47 Å². The van der Waals surface area contributed by atoms with Gasteiger partial charge in [0.2, 0.25) is 6.54 Å². The summed E-state index contributed by atoms with van der Waals surface area (Å²) in [6, 6.07) is 11.5. The third kappa shape index (κ3) is 5.37. The van der Waals surface area contributed by atoms with Crippen molar-refractivity contribution in [2.45, 2.75) is 31.2 Å². The van der Waals surface area contributed by atoms with E-state index in [-0.39, 0.29) is 11.5 Å². The van der Waals surface area contributed by atoms with E-state index in [2.05, 4.69) is 26.1 Å². The first kappa shape index (κ1) is 23.1. The van der Waals surface area contributed by atoms with Crippen molar-refractivity contribution >= 4 is 27.7 Å². The molecule has 10 heteroatoms. The van der Waals surface area contributed by atoms with Gasteiger partial charge in [0, 0.05) is 15.1 Å². The average molecular weight is 507 g/mol. The SMILES string of the molecule is CCOc1cc([C@H](C[N+](=O)[O-])Sc2nnc(C)n2-c2ccc(C)cc2)c(Br)cc1OC. The maximum absolute atomic E-state index is 11.5. The van der Waals surface area contributed by atoms with Gasteiger partial charge in [-0.05, 0) is 50.6 Å². The summed E-state index contributed by atoms with van der Waals surface area (Å²) in [5, 5.41) is 20.0. The van der Waals surface area contributed by atoms with Crippen LogP contribution in [-0.4, -0.2) is 39.9 Å². The van der Waals surface area contributed by atoms with Crippen molar-refractivity contribution in [1.29, 1.82) is 0 Å². The second kappa shape index (κ2) is 10.1. The summed E-state index contributed by atoms with van der Waals surface area (Å²) in [7, 11) is 1.56. The van der Waals surface area contributed by atoms with Crippen molar-refractivity contribution in [2.24, 2.45) is 0 Å². The van der Waals surface area contributed by atoms with Gasteiger partial charge in [-0.1, -0.05) is 45.4 Å². The minimum Gasteiger partial charge on any atom is -0.493 e. The first-order valence-corrected chi connectivity index (χ1v) is 11.3. The predicted octanol–water partition coefficient (Wildman–Crippen LogP) is 5.16. The number of nitro groups is 1. The second-order valence-corrected chi connectivity index (χ2v) is 8.80. The molecule has 0 spiro atoms. The molecule has 164 valence electrons. The maximum atomic E-state index is 11.5. The van der Waals surface area contributed by atoms with Gasteiger partial charge >= 0.3 is 0 Å². The van der Waals surface area contributed by atoms with Gasteiger partial charge in [0.15, 0.2) is 16.7 Å². The predicted molar refractivity (Wildman–Crippen MR) is 123 cm³/mol. The number of thioether (sulfide) groups is 1. The highest BCUT2D eigenvalue weighted by Gasteiger charge is 2.27. The summed E-state index contributed by atoms with van der Waals surface area (Å²) < 4.78 is 13.7. The van der Waals surface area contributed by atoms with E-state index in [1.807, 2.05) is 49.6 Å². The molecule has 1 aromatic heterocycles. The number of hydrogen-bond acceptors (Lipinski definition) is 7. The van der Waals surface area contributed by atoms with Crippen LogP contribution in [0.25, 0.3) is 5.69 Å². The number of rotatable bonds is 9. The zero-order valence-electron chi connectivity index (χ0n) is 17.7. The van der Waals surface area contributed by atoms with E-state index < -0.39 is 5.25 Å². The Kier molecular flexibility index (Phi) is 7.55. The van der Waals surface area contributed by atoms with E-state index in [9.17, 15) is 10.1 Å². The number of benzene rings is 2. The van der Waals surface area contributed by atoms with Gasteiger partial charge in [0.25, 0.3) is 0 Å². The first-order valence-electron chi connectivity index (χ1n) is 9.61. The normalized spacial score (nSPS) is 11.9. The van der Waals surface area contributed by atoms with Crippen LogP contribution in [0.5, 0.6) is 11.5 Å². The second-order valence-electron chi connectivity index (χ2n) is 6.78. The molecule has 0 saturated carbocycles. The van der Waals surface area contributed by atoms with Crippen molar-refractivity contribution < 1.29 is 14.4 Å². The van der Waals surface area contributed by atoms with Crippen LogP contribution in [0.2, 0.25) is 0 Å². The molecule has 0 saturated heterocycles. The molecule has 3 rings (SSSR count). The standard InChI is InChI=1S/C21H23BrN4O4S/c1-5-30-19-10-16(17(22)11-18(19)29-4)20(12-25(27)28)31-21-24-23-14(3)26(21)15-8-6-13(2)7-9-15/h6-11,20H,5,12H2,1-4H3/t20-/m0/s1. The van der Waals surface area contributed by atoms with Gasteiger partial charge in [-0.3, -0.25) is 14.7 Å². The van der Waals surface area contributed by atoms with Crippen molar-refractivity contribution in [3.63, 3.8) is 0 Å². The molecule has 0 unspecified atom stereocenters. The highest BCUT2D eigenvalue weighted by atomic mass is 79.9. The fourth-order valence-electron chi connectivity index (χ4n) is 3.10. The number of halogens is 1. The summed E-state index contributed by atoms with van der Waals surface area (Å²) in [6.45, 7) is 5.91. The lowest BCUT2D eigenvalue weighted by Gasteiger charge is -2.18. The summed E-state index contributed by atoms with van der Waals surface area (Å²) in [4.78, 5) is 11.2. The average Bonchev–Trinajstić information content (AvgIpc) is 3.09. The maximum Gasteiger partial charge on any atom is 0.220 e. The van der Waals surface area contributed by atoms with Gasteiger partial charge in [-0.15, -0.1) is 10.2 Å². The Morgan fingerprint density at radius 2 is 1.90 bits per heavy atom. The minimum atomic E-state index is -0.526. The molecule has 0 aliphatic rings. The number of methoxy groups -OCH3 is 1. The molecule has 3 aromatic rings. The monoisotopic (exact) mass is 506 g/mol. The van der Waals surface area contributed by atoms with Crippen LogP contribution in [0.3, 0.4) is 0 Å². The van der Waals surface area contributed by atoms with E-state index in [1.54, 1.807) is 19.2 Å². The highest BCUT2D eigenvalue weighted by Crippen LogP contribution is 2.43. The number of aromatic nitrogens is 3. The molecule has 0 radical (unpaired) electrons. The van der Waals surface area contributed by atoms with E-state index in [0.29, 0.717) is 33.6 Å². The molecule has 0 aliphatic heterocycles. The van der Waals surface area contributed by atoms with E-state index >= 15 is 0 Å². The first-order chi connectivity index (χ1) is 14.8. The molecule has 1 atom stereocenters. The number of ether oxygens (including phenoxy) is 2. The molecule has 0 N–H and O–H groups in total. The Hall–Kier alpha value is -2.59. The largest absolute Gasteiger partial charge is 0.493 e. The number of aryl methyl sites for hydroxylation is 2. The molecule has 8 nitrogen and oxygen atoms in total. The lowest BCUT2D eigenvalue weighted by Crippen LogP contribution is -2.12. The summed E-state index contributed by atoms with van der Waals surface area (Å²) in [6.07, 6.45) is 0. The van der Waals surface area contributed by atoms with Crippen LogP contribution in [0.4, 0.5) is 0 Å². The van der Waals surface area contributed by atoms with Crippen molar-refractivity contribution in [2.75, 3.05) is 20.3 Å². The summed E-state index contributed by atoms with van der Waals surface area (Å²) in [5.74, 6) is 1.80. The Morgan fingerprint density at radius 3 is 2.52 bits per heavy atom. The minimum absolute atomic E-state index is 0.291. The van der Waals surface area contributed by atoms with Crippen LogP contribution in [0.15, 0.2) is 46.0 Å². The molecule has 0 bridgehead atoms. The topological polar surface area (TPSA) is 92.3 Å². The molecule has 31 heavy (non-hydrogen) atoms. The summed E-state index contributed by atoms with van der Waals surface area (Å²) >= 11 is 4.83. The van der Waals surface area contributed by atoms with Gasteiger partial charge in [0.1, 0.15) is 11.1 Å². The molecular weight excluding hydrogens is 484 g/mol.